The van der Waals surface area contributed by atoms with Gasteiger partial charge in [0, 0.05) is 43.0 Å². The molecule has 4 aromatic rings. The molecule has 164 valence electrons. The van der Waals surface area contributed by atoms with Crippen LogP contribution in [-0.2, 0) is 10.2 Å². The van der Waals surface area contributed by atoms with Crippen LogP contribution in [-0.4, -0.2) is 42.6 Å². The Morgan fingerprint density at radius 1 is 1.06 bits per heavy atom. The van der Waals surface area contributed by atoms with Crippen LogP contribution in [0.5, 0.6) is 0 Å². The Hall–Kier alpha value is -3.63. The Labute approximate surface area is 182 Å². The van der Waals surface area contributed by atoms with Crippen LogP contribution in [0, 0.1) is 11.6 Å². The molecular weight excluding hydrogens is 438 g/mol. The predicted octanol–water partition coefficient (Wildman–Crippen LogP) is 3.96. The average Bonchev–Trinajstić information content (AvgIpc) is 3.19. The van der Waals surface area contributed by atoms with Crippen molar-refractivity contribution in [3.63, 3.8) is 0 Å². The number of hydrogen-bond acceptors (Lipinski definition) is 4. The van der Waals surface area contributed by atoms with Crippen molar-refractivity contribution < 1.29 is 22.0 Å². The van der Waals surface area contributed by atoms with Gasteiger partial charge in [0.15, 0.2) is 5.82 Å². The van der Waals surface area contributed by atoms with Crippen molar-refractivity contribution in [2.75, 3.05) is 18.8 Å². The van der Waals surface area contributed by atoms with Crippen molar-refractivity contribution in [1.29, 1.82) is 0 Å². The van der Waals surface area contributed by atoms with Crippen molar-refractivity contribution in [1.82, 2.24) is 14.3 Å². The highest BCUT2D eigenvalue weighted by atomic mass is 32.2. The highest BCUT2D eigenvalue weighted by molar-refractivity contribution is 7.90. The highest BCUT2D eigenvalue weighted by Crippen LogP contribution is 2.29. The fourth-order valence-corrected chi connectivity index (χ4v) is 3.80. The smallest absolute Gasteiger partial charge is 0.301 e. The molecule has 0 unspecified atom stereocenters. The minimum atomic E-state index is -4.06. The Balaban J connectivity index is 1.80. The average molecular weight is 456 g/mol. The molecule has 0 spiro atoms. The third-order valence-electron chi connectivity index (χ3n) is 4.92. The molecule has 2 aromatic heterocycles. The number of halogens is 2. The molecule has 2 aromatic carbocycles. The molecule has 4 rings (SSSR count). The number of aromatic nitrogens is 2. The third-order valence-corrected chi connectivity index (χ3v) is 6.36. The molecule has 0 fully saturated rings. The fraction of sp³-hybridized carbons (Fsp3) is 0.0909. The van der Waals surface area contributed by atoms with Crippen molar-refractivity contribution in [2.45, 2.75) is 0 Å². The van der Waals surface area contributed by atoms with E-state index in [4.69, 9.17) is 0 Å². The molecule has 0 saturated heterocycles. The van der Waals surface area contributed by atoms with E-state index in [9.17, 15) is 17.6 Å². The van der Waals surface area contributed by atoms with Crippen LogP contribution in [0.3, 0.4) is 0 Å². The second-order valence-electron chi connectivity index (χ2n) is 7.19. The molecule has 0 aliphatic rings. The maximum atomic E-state index is 15.1. The minimum Gasteiger partial charge on any atom is -0.345 e. The topological polar surface area (TPSA) is 95.2 Å². The quantitative estimate of drug-likeness (QED) is 0.430. The standard InChI is InChI=1S/C22H18F2N4O3S/c1-28(2)32(30,31)27-18-9-8-17(23)19(20(18)24)21(29)16-12-26-22-15(16)10-14(11-25-22)13-6-4-3-5-7-13/h3-12,27H,1-2H3,(H,25,26). The second-order valence-corrected chi connectivity index (χ2v) is 9.08. The van der Waals surface area contributed by atoms with E-state index in [2.05, 4.69) is 9.97 Å². The van der Waals surface area contributed by atoms with Crippen LogP contribution in [0.25, 0.3) is 22.2 Å². The number of rotatable bonds is 6. The van der Waals surface area contributed by atoms with Gasteiger partial charge in [0.1, 0.15) is 11.5 Å². The second kappa shape index (κ2) is 8.13. The van der Waals surface area contributed by atoms with Gasteiger partial charge in [-0.25, -0.2) is 13.8 Å². The maximum Gasteiger partial charge on any atom is 0.301 e. The lowest BCUT2D eigenvalue weighted by atomic mass is 10.00. The van der Waals surface area contributed by atoms with Gasteiger partial charge in [-0.15, -0.1) is 0 Å². The molecular formula is C22H18F2N4O3S. The summed E-state index contributed by atoms with van der Waals surface area (Å²) in [5, 5.41) is 0.384. The number of H-pyrrole nitrogens is 1. The van der Waals surface area contributed by atoms with Gasteiger partial charge in [-0.1, -0.05) is 30.3 Å². The first kappa shape index (κ1) is 21.6. The van der Waals surface area contributed by atoms with Gasteiger partial charge in [0.05, 0.1) is 11.3 Å². The first-order valence-corrected chi connectivity index (χ1v) is 10.9. The number of nitrogens with one attached hydrogen (secondary N) is 2. The molecule has 7 nitrogen and oxygen atoms in total. The number of carbonyl (C=O) groups excluding carboxylic acids is 1. The number of fused-ring (bicyclic) bond motifs is 1. The molecule has 32 heavy (non-hydrogen) atoms. The Bertz CT molecular complexity index is 1430. The van der Waals surface area contributed by atoms with Crippen LogP contribution < -0.4 is 4.72 Å². The van der Waals surface area contributed by atoms with E-state index in [1.54, 1.807) is 12.3 Å². The van der Waals surface area contributed by atoms with Crippen molar-refractivity contribution in [3.05, 3.63) is 83.7 Å². The normalized spacial score (nSPS) is 11.8. The zero-order chi connectivity index (χ0) is 23.0. The fourth-order valence-electron chi connectivity index (χ4n) is 3.18. The van der Waals surface area contributed by atoms with Crippen molar-refractivity contribution >= 4 is 32.7 Å². The van der Waals surface area contributed by atoms with Crippen LogP contribution in [0.4, 0.5) is 14.5 Å². The summed E-state index contributed by atoms with van der Waals surface area (Å²) in [6.07, 6.45) is 2.95. The Kier molecular flexibility index (Phi) is 5.49. The summed E-state index contributed by atoms with van der Waals surface area (Å²) in [6, 6.07) is 12.8. The number of aromatic amines is 1. The van der Waals surface area contributed by atoms with Crippen LogP contribution >= 0.6 is 0 Å². The van der Waals surface area contributed by atoms with E-state index in [-0.39, 0.29) is 5.56 Å². The molecule has 10 heteroatoms. The number of nitrogens with zero attached hydrogens (tertiary/aromatic N) is 2. The lowest BCUT2D eigenvalue weighted by Crippen LogP contribution is -2.29. The number of carbonyl (C=O) groups is 1. The lowest BCUT2D eigenvalue weighted by molar-refractivity contribution is 0.103. The van der Waals surface area contributed by atoms with Gasteiger partial charge in [-0.2, -0.15) is 12.7 Å². The summed E-state index contributed by atoms with van der Waals surface area (Å²) < 4.78 is 56.5. The molecule has 0 atom stereocenters. The SMILES string of the molecule is CN(C)S(=O)(=O)Nc1ccc(F)c(C(=O)c2c[nH]c3ncc(-c4ccccc4)cc23)c1F. The summed E-state index contributed by atoms with van der Waals surface area (Å²) in [4.78, 5) is 20.3. The summed E-state index contributed by atoms with van der Waals surface area (Å²) in [7, 11) is -1.56. The molecule has 0 aliphatic carbocycles. The summed E-state index contributed by atoms with van der Waals surface area (Å²) >= 11 is 0. The summed E-state index contributed by atoms with van der Waals surface area (Å²) in [6.45, 7) is 0. The van der Waals surface area contributed by atoms with Gasteiger partial charge in [-0.3, -0.25) is 9.52 Å². The van der Waals surface area contributed by atoms with Gasteiger partial charge >= 0.3 is 10.2 Å². The summed E-state index contributed by atoms with van der Waals surface area (Å²) in [5.74, 6) is -3.35. The van der Waals surface area contributed by atoms with Crippen LogP contribution in [0.1, 0.15) is 15.9 Å². The van der Waals surface area contributed by atoms with Gasteiger partial charge < -0.3 is 4.98 Å². The van der Waals surface area contributed by atoms with Gasteiger partial charge in [-0.05, 0) is 23.8 Å². The Morgan fingerprint density at radius 2 is 1.78 bits per heavy atom. The first-order chi connectivity index (χ1) is 15.2. The molecule has 2 N–H and O–H groups in total. The van der Waals surface area contributed by atoms with E-state index >= 15 is 4.39 Å². The zero-order valence-electron chi connectivity index (χ0n) is 17.1. The Morgan fingerprint density at radius 3 is 2.47 bits per heavy atom. The number of hydrogen-bond donors (Lipinski definition) is 2. The van der Waals surface area contributed by atoms with E-state index in [1.165, 1.54) is 20.3 Å². The number of pyridine rings is 1. The van der Waals surface area contributed by atoms with E-state index < -0.39 is 38.9 Å². The molecule has 0 aliphatic heterocycles. The van der Waals surface area contributed by atoms with Crippen LogP contribution in [0.2, 0.25) is 0 Å². The van der Waals surface area contributed by atoms with Gasteiger partial charge in [0.25, 0.3) is 0 Å². The first-order valence-electron chi connectivity index (χ1n) is 9.44. The number of ketones is 1. The zero-order valence-corrected chi connectivity index (χ0v) is 17.9. The van der Waals surface area contributed by atoms with E-state index in [1.807, 2.05) is 35.1 Å². The van der Waals surface area contributed by atoms with E-state index in [0.717, 1.165) is 27.6 Å². The lowest BCUT2D eigenvalue weighted by Gasteiger charge is -2.15. The van der Waals surface area contributed by atoms with Crippen molar-refractivity contribution in [3.8, 4) is 11.1 Å². The highest BCUT2D eigenvalue weighted by Gasteiger charge is 2.26. The monoisotopic (exact) mass is 456 g/mol. The molecule has 0 bridgehead atoms. The summed E-state index contributed by atoms with van der Waals surface area (Å²) in [5.41, 5.74) is 0.564. The minimum absolute atomic E-state index is 0.00991. The molecule has 0 amide bonds. The number of benzene rings is 2. The van der Waals surface area contributed by atoms with Gasteiger partial charge in [0.2, 0.25) is 5.78 Å². The van der Waals surface area contributed by atoms with Crippen LogP contribution in [0.15, 0.2) is 60.9 Å². The maximum absolute atomic E-state index is 15.1. The molecule has 2 heterocycles. The number of anilines is 1. The predicted molar refractivity (Wildman–Crippen MR) is 118 cm³/mol. The molecule has 0 radical (unpaired) electrons. The van der Waals surface area contributed by atoms with E-state index in [0.29, 0.717) is 11.0 Å². The molecule has 0 saturated carbocycles. The largest absolute Gasteiger partial charge is 0.345 e. The third kappa shape index (κ3) is 3.85. The van der Waals surface area contributed by atoms with Crippen molar-refractivity contribution in [2.24, 2.45) is 0 Å².